The number of hydrogen-bond donors (Lipinski definition) is 1. The van der Waals surface area contributed by atoms with Gasteiger partial charge in [-0.25, -0.2) is 13.6 Å². The fourth-order valence-electron chi connectivity index (χ4n) is 4.33. The van der Waals surface area contributed by atoms with E-state index in [9.17, 15) is 8.42 Å². The van der Waals surface area contributed by atoms with E-state index in [0.29, 0.717) is 33.7 Å². The molecule has 8 nitrogen and oxygen atoms in total. The molecule has 0 unspecified atom stereocenters. The maximum Gasteiger partial charge on any atom is 0.249 e. The zero-order chi connectivity index (χ0) is 26.5. The molecule has 3 aromatic carbocycles. The number of halogens is 1. The monoisotopic (exact) mass is 569 g/mol. The van der Waals surface area contributed by atoms with Crippen LogP contribution >= 0.6 is 23.4 Å². The van der Waals surface area contributed by atoms with Crippen molar-refractivity contribution in [1.29, 1.82) is 0 Å². The number of sulfonamides is 1. The van der Waals surface area contributed by atoms with Crippen LogP contribution in [0.1, 0.15) is 17.0 Å². The number of nitrogens with zero attached hydrogens (tertiary/aromatic N) is 4. The van der Waals surface area contributed by atoms with Crippen molar-refractivity contribution >= 4 is 33.4 Å². The van der Waals surface area contributed by atoms with Crippen LogP contribution in [-0.4, -0.2) is 54.6 Å². The highest BCUT2D eigenvalue weighted by atomic mass is 35.5. The summed E-state index contributed by atoms with van der Waals surface area (Å²) < 4.78 is 30.7. The van der Waals surface area contributed by atoms with Crippen LogP contribution in [0.4, 0.5) is 0 Å². The molecule has 11 heteroatoms. The minimum absolute atomic E-state index is 0.0212. The molecule has 1 saturated heterocycles. The van der Waals surface area contributed by atoms with Crippen molar-refractivity contribution < 1.29 is 12.8 Å². The van der Waals surface area contributed by atoms with Gasteiger partial charge < -0.3 is 4.42 Å². The molecule has 198 valence electrons. The molecule has 1 fully saturated rings. The largest absolute Gasteiger partial charge is 0.419 e. The van der Waals surface area contributed by atoms with E-state index in [1.54, 1.807) is 6.07 Å². The van der Waals surface area contributed by atoms with E-state index in [2.05, 4.69) is 44.3 Å². The summed E-state index contributed by atoms with van der Waals surface area (Å²) in [5, 5.41) is 14.2. The molecule has 1 aromatic heterocycles. The molecule has 0 radical (unpaired) electrons. The smallest absolute Gasteiger partial charge is 0.249 e. The van der Waals surface area contributed by atoms with Crippen LogP contribution in [0, 0.1) is 0 Å². The van der Waals surface area contributed by atoms with Crippen molar-refractivity contribution in [3.63, 3.8) is 0 Å². The van der Waals surface area contributed by atoms with Gasteiger partial charge in [0, 0.05) is 43.4 Å². The lowest BCUT2D eigenvalue weighted by Crippen LogP contribution is -2.45. The van der Waals surface area contributed by atoms with Crippen LogP contribution in [0.3, 0.4) is 0 Å². The second-order valence-corrected chi connectivity index (χ2v) is 12.1. The summed E-state index contributed by atoms with van der Waals surface area (Å²) in [6.07, 6.45) is 0. The van der Waals surface area contributed by atoms with E-state index in [0.717, 1.165) is 38.3 Å². The normalized spacial score (nSPS) is 15.1. The summed E-state index contributed by atoms with van der Waals surface area (Å²) in [5.74, 6) is 1.19. The third-order valence-corrected chi connectivity index (χ3v) is 8.87. The maximum atomic E-state index is 12.4. The average molecular weight is 570 g/mol. The van der Waals surface area contributed by atoms with Gasteiger partial charge >= 0.3 is 0 Å². The molecule has 0 saturated carbocycles. The van der Waals surface area contributed by atoms with Gasteiger partial charge in [-0.1, -0.05) is 72.3 Å². The lowest BCUT2D eigenvalue weighted by Gasteiger charge is -2.33. The summed E-state index contributed by atoms with van der Waals surface area (Å²) in [6.45, 7) is 5.10. The second-order valence-electron chi connectivity index (χ2n) is 9.14. The van der Waals surface area contributed by atoms with Crippen molar-refractivity contribution in [3.05, 3.63) is 94.8 Å². The molecule has 0 amide bonds. The van der Waals surface area contributed by atoms with Gasteiger partial charge in [0.25, 0.3) is 0 Å². The van der Waals surface area contributed by atoms with Gasteiger partial charge in [-0.2, -0.15) is 0 Å². The number of rotatable bonds is 9. The molecule has 0 aliphatic carbocycles. The SMILES string of the molecule is NS(=O)(=O)c1cc(-c2nnc(CN3CCN(Cc4ccccc4)CC3)o2)c(Cl)cc1SCc1ccccc1. The van der Waals surface area contributed by atoms with Gasteiger partial charge in [-0.3, -0.25) is 9.80 Å². The molecule has 5 rings (SSSR count). The molecular formula is C27H28ClN5O3S2. The fraction of sp³-hybridized carbons (Fsp3) is 0.259. The quantitative estimate of drug-likeness (QED) is 0.290. The first-order valence-corrected chi connectivity index (χ1v) is 15.1. The van der Waals surface area contributed by atoms with Crippen molar-refractivity contribution in [2.45, 2.75) is 28.6 Å². The summed E-state index contributed by atoms with van der Waals surface area (Å²) >= 11 is 7.91. The van der Waals surface area contributed by atoms with Crippen LogP contribution in [0.15, 0.2) is 87.0 Å². The third-order valence-electron chi connectivity index (χ3n) is 6.35. The predicted octanol–water partition coefficient (Wildman–Crippen LogP) is 4.65. The Morgan fingerprint density at radius 2 is 1.47 bits per heavy atom. The Morgan fingerprint density at radius 1 is 0.868 bits per heavy atom. The van der Waals surface area contributed by atoms with Gasteiger partial charge in [-0.15, -0.1) is 22.0 Å². The standard InChI is InChI=1S/C27H28ClN5O3S2/c28-23-16-24(37-19-21-9-5-2-6-10-21)25(38(29,34)35)15-22(23)27-31-30-26(36-27)18-33-13-11-32(12-14-33)17-20-7-3-1-4-8-20/h1-10,15-16H,11-14,17-19H2,(H2,29,34,35). The van der Waals surface area contributed by atoms with Crippen LogP contribution in [0.25, 0.3) is 11.5 Å². The molecule has 1 aliphatic rings. The van der Waals surface area contributed by atoms with Crippen molar-refractivity contribution in [1.82, 2.24) is 20.0 Å². The zero-order valence-corrected chi connectivity index (χ0v) is 23.1. The van der Waals surface area contributed by atoms with E-state index in [-0.39, 0.29) is 10.8 Å². The predicted molar refractivity (Wildman–Crippen MR) is 149 cm³/mol. The summed E-state index contributed by atoms with van der Waals surface area (Å²) in [4.78, 5) is 5.14. The molecule has 2 N–H and O–H groups in total. The highest BCUT2D eigenvalue weighted by Crippen LogP contribution is 2.37. The van der Waals surface area contributed by atoms with E-state index in [1.165, 1.54) is 23.4 Å². The summed E-state index contributed by atoms with van der Waals surface area (Å²) in [6, 6.07) is 23.2. The maximum absolute atomic E-state index is 12.4. The lowest BCUT2D eigenvalue weighted by molar-refractivity contribution is 0.114. The van der Waals surface area contributed by atoms with Crippen LogP contribution in [-0.2, 0) is 28.9 Å². The molecule has 0 bridgehead atoms. The summed E-state index contributed by atoms with van der Waals surface area (Å²) in [7, 11) is -4.01. The number of aromatic nitrogens is 2. The zero-order valence-electron chi connectivity index (χ0n) is 20.7. The third kappa shape index (κ3) is 6.82. The van der Waals surface area contributed by atoms with Gasteiger partial charge in [-0.05, 0) is 23.3 Å². The molecule has 0 spiro atoms. The number of hydrogen-bond acceptors (Lipinski definition) is 8. The van der Waals surface area contributed by atoms with Crippen molar-refractivity contribution in [3.8, 4) is 11.5 Å². The van der Waals surface area contributed by atoms with Crippen LogP contribution in [0.2, 0.25) is 5.02 Å². The minimum atomic E-state index is -4.01. The Hall–Kier alpha value is -2.73. The van der Waals surface area contributed by atoms with Gasteiger partial charge in [0.15, 0.2) is 0 Å². The Labute approximate surface area is 231 Å². The Kier molecular flexibility index (Phi) is 8.47. The Morgan fingerprint density at radius 3 is 2.11 bits per heavy atom. The highest BCUT2D eigenvalue weighted by Gasteiger charge is 2.23. The Balaban J connectivity index is 1.26. The van der Waals surface area contributed by atoms with Crippen LogP contribution in [0.5, 0.6) is 0 Å². The van der Waals surface area contributed by atoms with E-state index >= 15 is 0 Å². The summed E-state index contributed by atoms with van der Waals surface area (Å²) in [5.41, 5.74) is 2.70. The average Bonchev–Trinajstić information content (AvgIpc) is 3.37. The van der Waals surface area contributed by atoms with Gasteiger partial charge in [0.1, 0.15) is 0 Å². The second kappa shape index (κ2) is 12.0. The first kappa shape index (κ1) is 26.9. The topological polar surface area (TPSA) is 106 Å². The number of nitrogens with two attached hydrogens (primary N) is 1. The molecular weight excluding hydrogens is 542 g/mol. The molecule has 38 heavy (non-hydrogen) atoms. The van der Waals surface area contributed by atoms with E-state index < -0.39 is 10.0 Å². The van der Waals surface area contributed by atoms with Crippen LogP contribution < -0.4 is 5.14 Å². The number of primary sulfonamides is 1. The molecule has 4 aromatic rings. The molecule has 0 atom stereocenters. The molecule has 2 heterocycles. The van der Waals surface area contributed by atoms with Crippen molar-refractivity contribution in [2.75, 3.05) is 26.2 Å². The number of benzene rings is 3. The minimum Gasteiger partial charge on any atom is -0.419 e. The molecule has 1 aliphatic heterocycles. The fourth-order valence-corrected chi connectivity index (χ4v) is 6.71. The first-order chi connectivity index (χ1) is 18.3. The van der Waals surface area contributed by atoms with Gasteiger partial charge in [0.05, 0.1) is 22.0 Å². The van der Waals surface area contributed by atoms with Crippen molar-refractivity contribution in [2.24, 2.45) is 5.14 Å². The van der Waals surface area contributed by atoms with E-state index in [4.69, 9.17) is 21.2 Å². The Bertz CT molecular complexity index is 1480. The van der Waals surface area contributed by atoms with E-state index in [1.807, 2.05) is 36.4 Å². The highest BCUT2D eigenvalue weighted by molar-refractivity contribution is 7.99. The lowest BCUT2D eigenvalue weighted by atomic mass is 10.2. The number of piperazine rings is 1. The van der Waals surface area contributed by atoms with Gasteiger partial charge in [0.2, 0.25) is 21.8 Å². The number of thioether (sulfide) groups is 1. The first-order valence-electron chi connectivity index (χ1n) is 12.2.